The molecule has 0 aliphatic carbocycles. The highest BCUT2D eigenvalue weighted by molar-refractivity contribution is 7.99. The number of likely N-dealkylation sites (tertiary alicyclic amines) is 1. The lowest BCUT2D eigenvalue weighted by atomic mass is 10.1. The zero-order valence-electron chi connectivity index (χ0n) is 14.7. The van der Waals surface area contributed by atoms with Gasteiger partial charge < -0.3 is 4.90 Å². The molecule has 0 atom stereocenters. The fraction of sp³-hybridized carbons (Fsp3) is 0.263. The van der Waals surface area contributed by atoms with E-state index in [0.29, 0.717) is 5.75 Å². The third-order valence-electron chi connectivity index (χ3n) is 4.84. The number of thioether (sulfide) groups is 1. The summed E-state index contributed by atoms with van der Waals surface area (Å²) in [5.74, 6) is 0.562. The molecule has 1 aliphatic rings. The van der Waals surface area contributed by atoms with Crippen molar-refractivity contribution in [1.82, 2.24) is 29.1 Å². The van der Waals surface area contributed by atoms with Crippen molar-refractivity contribution < 1.29 is 4.79 Å². The highest BCUT2D eigenvalue weighted by Gasteiger charge is 2.19. The van der Waals surface area contributed by atoms with E-state index >= 15 is 0 Å². The van der Waals surface area contributed by atoms with E-state index in [2.05, 4.69) is 15.3 Å². The van der Waals surface area contributed by atoms with Crippen molar-refractivity contribution in [3.8, 4) is 11.3 Å². The zero-order chi connectivity index (χ0) is 18.2. The van der Waals surface area contributed by atoms with E-state index in [4.69, 9.17) is 0 Å². The van der Waals surface area contributed by atoms with Crippen molar-refractivity contribution >= 4 is 28.8 Å². The molecule has 1 amide bonds. The van der Waals surface area contributed by atoms with E-state index < -0.39 is 0 Å². The van der Waals surface area contributed by atoms with Gasteiger partial charge >= 0.3 is 0 Å². The molecule has 1 fully saturated rings. The van der Waals surface area contributed by atoms with Crippen molar-refractivity contribution in [2.24, 2.45) is 0 Å². The minimum atomic E-state index is 0.172. The second-order valence-corrected chi connectivity index (χ2v) is 7.52. The number of carbonyl (C=O) groups is 1. The van der Waals surface area contributed by atoms with Crippen LogP contribution in [0.2, 0.25) is 0 Å². The number of carbonyl (C=O) groups excluding carboxylic acids is 1. The van der Waals surface area contributed by atoms with Crippen LogP contribution in [-0.2, 0) is 4.79 Å². The maximum absolute atomic E-state index is 12.3. The van der Waals surface area contributed by atoms with E-state index in [0.717, 1.165) is 53.5 Å². The Hall–Kier alpha value is -2.87. The predicted molar refractivity (Wildman–Crippen MR) is 104 cm³/mol. The number of aromatic nitrogens is 5. The van der Waals surface area contributed by atoms with Crippen LogP contribution >= 0.6 is 11.8 Å². The summed E-state index contributed by atoms with van der Waals surface area (Å²) in [6, 6.07) is 12.1. The topological polar surface area (TPSA) is 67.8 Å². The van der Waals surface area contributed by atoms with Crippen LogP contribution in [0.3, 0.4) is 0 Å². The summed E-state index contributed by atoms with van der Waals surface area (Å²) >= 11 is 1.43. The Morgan fingerprint density at radius 2 is 1.89 bits per heavy atom. The molecule has 0 unspecified atom stereocenters. The molecule has 7 nitrogen and oxygen atoms in total. The minimum Gasteiger partial charge on any atom is -0.342 e. The SMILES string of the molecule is O=C(CSc1nnc2c3cc(-c4ccccc4)nn3ccn12)N1CCCC1. The minimum absolute atomic E-state index is 0.172. The first-order valence-corrected chi connectivity index (χ1v) is 9.97. The Kier molecular flexibility index (Phi) is 4.05. The van der Waals surface area contributed by atoms with E-state index in [-0.39, 0.29) is 5.91 Å². The molecule has 0 radical (unpaired) electrons. The van der Waals surface area contributed by atoms with Crippen molar-refractivity contribution in [3.63, 3.8) is 0 Å². The largest absolute Gasteiger partial charge is 0.342 e. The Morgan fingerprint density at radius 3 is 2.70 bits per heavy atom. The van der Waals surface area contributed by atoms with Gasteiger partial charge in [0.15, 0.2) is 10.8 Å². The van der Waals surface area contributed by atoms with Crippen LogP contribution in [0.1, 0.15) is 12.8 Å². The Balaban J connectivity index is 1.45. The van der Waals surface area contributed by atoms with E-state index in [1.54, 1.807) is 0 Å². The van der Waals surface area contributed by atoms with Crippen molar-refractivity contribution in [1.29, 1.82) is 0 Å². The van der Waals surface area contributed by atoms with Gasteiger partial charge in [0.05, 0.1) is 11.4 Å². The van der Waals surface area contributed by atoms with Crippen LogP contribution in [-0.4, -0.2) is 53.9 Å². The number of hydrogen-bond acceptors (Lipinski definition) is 5. The molecule has 1 aliphatic heterocycles. The quantitative estimate of drug-likeness (QED) is 0.511. The molecule has 27 heavy (non-hydrogen) atoms. The summed E-state index contributed by atoms with van der Waals surface area (Å²) in [5.41, 5.74) is 3.58. The highest BCUT2D eigenvalue weighted by Crippen LogP contribution is 2.24. The van der Waals surface area contributed by atoms with E-state index in [1.807, 2.05) is 62.6 Å². The number of nitrogens with zero attached hydrogens (tertiary/aromatic N) is 6. The van der Waals surface area contributed by atoms with Crippen molar-refractivity contribution in [2.45, 2.75) is 18.0 Å². The lowest BCUT2D eigenvalue weighted by molar-refractivity contribution is -0.127. The molecule has 1 aromatic carbocycles. The standard InChI is InChI=1S/C19H18N6OS/c26-17(23-8-4-5-9-23)13-27-19-21-20-18-16-12-15(14-6-2-1-3-7-14)22-25(16)11-10-24(18)19/h1-3,6-7,10-12H,4-5,8-9,13H2. The Bertz CT molecular complexity index is 1110. The predicted octanol–water partition coefficient (Wildman–Crippen LogP) is 2.76. The first-order valence-electron chi connectivity index (χ1n) is 8.99. The highest BCUT2D eigenvalue weighted by atomic mass is 32.2. The number of benzene rings is 1. The first kappa shape index (κ1) is 16.3. The summed E-state index contributed by atoms with van der Waals surface area (Å²) in [6.45, 7) is 1.75. The van der Waals surface area contributed by atoms with Crippen LogP contribution in [0.25, 0.3) is 22.4 Å². The van der Waals surface area contributed by atoms with E-state index in [9.17, 15) is 4.79 Å². The molecule has 8 heteroatoms. The zero-order valence-corrected chi connectivity index (χ0v) is 15.5. The summed E-state index contributed by atoms with van der Waals surface area (Å²) in [7, 11) is 0. The second kappa shape index (κ2) is 6.70. The third kappa shape index (κ3) is 2.95. The van der Waals surface area contributed by atoms with Gasteiger partial charge in [-0.3, -0.25) is 9.20 Å². The van der Waals surface area contributed by atoms with Gasteiger partial charge in [-0.25, -0.2) is 4.52 Å². The van der Waals surface area contributed by atoms with Crippen molar-refractivity contribution in [2.75, 3.05) is 18.8 Å². The van der Waals surface area contributed by atoms with Gasteiger partial charge in [-0.15, -0.1) is 10.2 Å². The number of rotatable bonds is 4. The van der Waals surface area contributed by atoms with Crippen LogP contribution < -0.4 is 0 Å². The molecule has 4 aromatic rings. The molecule has 136 valence electrons. The second-order valence-electron chi connectivity index (χ2n) is 6.58. The van der Waals surface area contributed by atoms with Gasteiger partial charge in [0.25, 0.3) is 0 Å². The van der Waals surface area contributed by atoms with Crippen LogP contribution in [0.15, 0.2) is 53.9 Å². The summed E-state index contributed by atoms with van der Waals surface area (Å²) in [4.78, 5) is 14.2. The number of fused-ring (bicyclic) bond motifs is 3. The molecule has 0 bridgehead atoms. The summed E-state index contributed by atoms with van der Waals surface area (Å²) in [5, 5.41) is 14.0. The van der Waals surface area contributed by atoms with Gasteiger partial charge in [-0.05, 0) is 18.9 Å². The average Bonchev–Trinajstić information content (AvgIpc) is 3.45. The Labute approximate surface area is 160 Å². The van der Waals surface area contributed by atoms with Crippen LogP contribution in [0.5, 0.6) is 0 Å². The van der Waals surface area contributed by atoms with Gasteiger partial charge in [0.2, 0.25) is 5.91 Å². The van der Waals surface area contributed by atoms with Gasteiger partial charge in [-0.1, -0.05) is 42.1 Å². The van der Waals surface area contributed by atoms with Crippen LogP contribution in [0, 0.1) is 0 Å². The number of amides is 1. The summed E-state index contributed by atoms with van der Waals surface area (Å²) in [6.07, 6.45) is 6.00. The normalized spacial score (nSPS) is 14.4. The monoisotopic (exact) mass is 378 g/mol. The fourth-order valence-electron chi connectivity index (χ4n) is 3.42. The third-order valence-corrected chi connectivity index (χ3v) is 5.77. The first-order chi connectivity index (χ1) is 13.3. The average molecular weight is 378 g/mol. The van der Waals surface area contributed by atoms with Gasteiger partial charge in [0, 0.05) is 31.0 Å². The van der Waals surface area contributed by atoms with Gasteiger partial charge in [-0.2, -0.15) is 5.10 Å². The van der Waals surface area contributed by atoms with Gasteiger partial charge in [0.1, 0.15) is 5.52 Å². The molecule has 4 heterocycles. The lowest BCUT2D eigenvalue weighted by Crippen LogP contribution is -2.29. The molecule has 0 N–H and O–H groups in total. The van der Waals surface area contributed by atoms with E-state index in [1.165, 1.54) is 11.8 Å². The molecule has 3 aromatic heterocycles. The maximum atomic E-state index is 12.3. The molecule has 0 spiro atoms. The molecule has 1 saturated heterocycles. The molecular formula is C19H18N6OS. The smallest absolute Gasteiger partial charge is 0.233 e. The molecular weight excluding hydrogens is 360 g/mol. The molecule has 5 rings (SSSR count). The number of hydrogen-bond donors (Lipinski definition) is 0. The Morgan fingerprint density at radius 1 is 1.07 bits per heavy atom. The lowest BCUT2D eigenvalue weighted by Gasteiger charge is -2.14. The molecule has 0 saturated carbocycles. The summed E-state index contributed by atoms with van der Waals surface area (Å²) < 4.78 is 3.74. The van der Waals surface area contributed by atoms with Crippen molar-refractivity contribution in [3.05, 3.63) is 48.8 Å². The van der Waals surface area contributed by atoms with Crippen LogP contribution in [0.4, 0.5) is 0 Å². The fourth-order valence-corrected chi connectivity index (χ4v) is 4.24. The maximum Gasteiger partial charge on any atom is 0.233 e.